The van der Waals surface area contributed by atoms with Crippen LogP contribution in [0, 0.1) is 41.0 Å². The molecule has 9 aromatic rings. The van der Waals surface area contributed by atoms with Gasteiger partial charge in [0.1, 0.15) is 5.75 Å². The summed E-state index contributed by atoms with van der Waals surface area (Å²) >= 11 is 2.19. The van der Waals surface area contributed by atoms with E-state index in [1.54, 1.807) is 139 Å². The number of anilines is 4. The van der Waals surface area contributed by atoms with Crippen molar-refractivity contribution >= 4 is 149 Å². The van der Waals surface area contributed by atoms with Gasteiger partial charge in [0.2, 0.25) is 0 Å². The number of benzene rings is 9. The summed E-state index contributed by atoms with van der Waals surface area (Å²) in [6, 6.07) is 73.5. The molecular weight excluding hydrogens is 1970 g/mol. The van der Waals surface area contributed by atoms with E-state index in [1.807, 2.05) is 161 Å². The van der Waals surface area contributed by atoms with Crippen molar-refractivity contribution in [1.29, 1.82) is 0 Å². The van der Waals surface area contributed by atoms with Crippen LogP contribution in [-0.4, -0.2) is 85.6 Å². The minimum atomic E-state index is -3.19. The van der Waals surface area contributed by atoms with Crippen molar-refractivity contribution < 1.29 is 67.5 Å². The van der Waals surface area contributed by atoms with Crippen molar-refractivity contribution in [2.24, 2.45) is 0 Å². The molecular formula is C98H129BCl4CuIN4O6P3Ru2-. The van der Waals surface area contributed by atoms with E-state index in [9.17, 15) is 9.13 Å². The number of hydrogen-bond donors (Lipinski definition) is 0. The number of hydrogen-bond acceptors (Lipinski definition) is 10. The molecule has 10 nitrogen and oxygen atoms in total. The van der Waals surface area contributed by atoms with Gasteiger partial charge < -0.3 is 28.9 Å². The van der Waals surface area contributed by atoms with Crippen LogP contribution in [0.1, 0.15) is 184 Å². The zero-order valence-corrected chi connectivity index (χ0v) is 83.7. The maximum atomic E-state index is 13.7. The Balaban J connectivity index is 0.000000224. The molecule has 0 spiro atoms. The van der Waals surface area contributed by atoms with E-state index in [0.717, 1.165) is 48.6 Å². The monoisotopic (exact) mass is 2100 g/mol. The van der Waals surface area contributed by atoms with E-state index in [0.29, 0.717) is 40.2 Å². The summed E-state index contributed by atoms with van der Waals surface area (Å²) in [4.78, 5) is 9.34. The molecule has 2 aliphatic heterocycles. The molecule has 0 N–H and O–H groups in total. The molecule has 22 heteroatoms. The van der Waals surface area contributed by atoms with Gasteiger partial charge in [0.25, 0.3) is 7.37 Å². The molecule has 2 atom stereocenters. The Kier molecular flexibility index (Phi) is 49.5. The molecule has 2 radical (unpaired) electrons. The minimum absolute atomic E-state index is 0. The molecule has 658 valence electrons. The van der Waals surface area contributed by atoms with Gasteiger partial charge in [-0.05, 0) is 202 Å². The van der Waals surface area contributed by atoms with Gasteiger partial charge >= 0.3 is 269 Å². The quantitative estimate of drug-likeness (QED) is 0.0283. The fraction of sp³-hybridized carbons (Fsp3) is 0.388. The van der Waals surface area contributed by atoms with E-state index in [1.165, 1.54) is 68.8 Å². The first-order valence-corrected chi connectivity index (χ1v) is 60.7. The van der Waals surface area contributed by atoms with Crippen molar-refractivity contribution in [1.82, 2.24) is 0 Å². The van der Waals surface area contributed by atoms with Gasteiger partial charge in [-0.15, -0.1) is 0 Å². The zero-order valence-electron chi connectivity index (χ0n) is 71.3. The molecule has 2 heterocycles. The standard InChI is InChI=1S/C19H23O3P.C18H21O3P.C18H33P.2C17H19N2.C7H6.CH3B.CH4.4ClH.Cu.HI.2Ru/c1-5-16-14-18(12-13-19(16)22-15(3)4)23(20,21-6-2)17-10-8-7-9-11-17;1-5-20-22(19,16-9-7-6-8-10-16)17-11-12-18(15(4)13-17)21-14(2)3;1-4-10-16(11-5-1)19(17-12-6-2-7-13-17)18-14-8-3-9-15-18;2*1-14-7-3-5-9-16(14)18-11-12-19(13-18)17-10-6-4-8-15(17)2;1-7-5-3-2-4-6-7;1-2;;;;;;;;;/h5,7-15H,1,6H2,2-4H3;4,6-14H,5H2,1-3H3;16-18H,1-15H2;2*3-10,13H,11-12H2,1-2H3;1-6H;1H3;1H4;4*1H;;1H;;/q;;;2*-1;;;;;;;;+1;;2*+2/p-4. The summed E-state index contributed by atoms with van der Waals surface area (Å²) in [6.07, 6.45) is 25.6. The first-order valence-electron chi connectivity index (χ1n) is 41.7. The molecule has 0 aromatic heterocycles. The Bertz CT molecular complexity index is 4370. The van der Waals surface area contributed by atoms with Crippen LogP contribution in [-0.2, 0) is 58.0 Å². The molecule has 14 rings (SSSR count). The van der Waals surface area contributed by atoms with Gasteiger partial charge in [-0.25, -0.2) is 0 Å². The third-order valence-electron chi connectivity index (χ3n) is 21.3. The van der Waals surface area contributed by atoms with Crippen LogP contribution in [0.4, 0.5) is 22.7 Å². The van der Waals surface area contributed by atoms with Gasteiger partial charge in [0, 0.05) is 73.0 Å². The van der Waals surface area contributed by atoms with Crippen molar-refractivity contribution in [3.8, 4) is 11.5 Å². The van der Waals surface area contributed by atoms with E-state index < -0.39 is 41.8 Å². The average Bonchev–Trinajstić information content (AvgIpc) is 1.01. The summed E-state index contributed by atoms with van der Waals surface area (Å²) < 4.78 is 53.9. The molecule has 3 aliphatic carbocycles. The van der Waals surface area contributed by atoms with Crippen LogP contribution in [0.25, 0.3) is 6.08 Å². The zero-order chi connectivity index (χ0) is 86.1. The second-order valence-electron chi connectivity index (χ2n) is 30.3. The van der Waals surface area contributed by atoms with Crippen LogP contribution in [0.3, 0.4) is 0 Å². The predicted molar refractivity (Wildman–Crippen MR) is 529 cm³/mol. The summed E-state index contributed by atoms with van der Waals surface area (Å²) in [5.41, 5.74) is 16.9. The summed E-state index contributed by atoms with van der Waals surface area (Å²) in [5, 5.41) is 2.60. The maximum absolute atomic E-state index is 13.7. The molecule has 2 unspecified atom stereocenters. The summed E-state index contributed by atoms with van der Waals surface area (Å²) in [6.45, 7) is 34.8. The number of halogens is 5. The molecule has 3 saturated carbocycles. The first kappa shape index (κ1) is 105. The molecule has 9 aromatic carbocycles. The third-order valence-corrected chi connectivity index (χ3v) is 34.6. The summed E-state index contributed by atoms with van der Waals surface area (Å²) in [7, 11) is 21.6. The van der Waals surface area contributed by atoms with Crippen LogP contribution < -0.4 is 50.3 Å². The van der Waals surface area contributed by atoms with E-state index in [-0.39, 0.29) is 27.6 Å². The fourth-order valence-electron chi connectivity index (χ4n) is 15.9. The first-order chi connectivity index (χ1) is 57.6. The second kappa shape index (κ2) is 56.8. The van der Waals surface area contributed by atoms with Gasteiger partial charge in [-0.1, -0.05) is 137 Å². The second-order valence-corrected chi connectivity index (χ2v) is 50.0. The molecule has 0 amide bonds. The molecule has 0 bridgehead atoms. The van der Waals surface area contributed by atoms with Crippen molar-refractivity contribution in [2.45, 2.75) is 209 Å². The fourth-order valence-corrected chi connectivity index (χ4v) is 28.9. The Labute approximate surface area is 771 Å². The molecule has 120 heavy (non-hydrogen) atoms. The average molecular weight is 2100 g/mol. The molecule has 5 aliphatic rings. The topological polar surface area (TPSA) is 84.0 Å². The van der Waals surface area contributed by atoms with Gasteiger partial charge in [-0.2, -0.15) is 13.3 Å². The van der Waals surface area contributed by atoms with Crippen LogP contribution in [0.5, 0.6) is 11.5 Å². The number of para-hydroxylation sites is 4. The number of rotatable bonds is 22. The van der Waals surface area contributed by atoms with Crippen LogP contribution in [0.2, 0.25) is 6.82 Å². The van der Waals surface area contributed by atoms with E-state index in [2.05, 4.69) is 185 Å². The Morgan fingerprint density at radius 2 is 0.725 bits per heavy atom. The Morgan fingerprint density at radius 1 is 0.442 bits per heavy atom. The third kappa shape index (κ3) is 32.9. The number of ether oxygens (including phenoxy) is 2. The van der Waals surface area contributed by atoms with Gasteiger partial charge in [-0.3, -0.25) is 4.57 Å². The predicted octanol–water partition coefficient (Wildman–Crippen LogP) is 27.4. The Morgan fingerprint density at radius 3 is 1.01 bits per heavy atom. The Hall–Kier alpha value is -4.21. The van der Waals surface area contributed by atoms with E-state index >= 15 is 0 Å². The number of nitrogens with zero attached hydrogens (tertiary/aromatic N) is 4. The number of aryl methyl sites for hydroxylation is 4. The van der Waals surface area contributed by atoms with Crippen molar-refractivity contribution in [3.63, 3.8) is 0 Å². The normalized spacial score (nSPS) is 15.9. The van der Waals surface area contributed by atoms with Crippen LogP contribution >= 0.6 is 81.8 Å². The van der Waals surface area contributed by atoms with Crippen LogP contribution in [0.15, 0.2) is 231 Å². The molecule has 5 fully saturated rings. The van der Waals surface area contributed by atoms with Crippen molar-refractivity contribution in [2.75, 3.05) is 59.0 Å². The molecule has 2 saturated heterocycles. The van der Waals surface area contributed by atoms with Gasteiger partial charge in [0.15, 0.2) is 0 Å². The van der Waals surface area contributed by atoms with Crippen molar-refractivity contribution in [3.05, 3.63) is 283 Å². The SMILES string of the molecule is C.C1CCC([PH+](C2CCCCC2)C2CCCCC2)CC1.C=Cc1cc(P(=O)(OCC)c2ccccc2)ccc1OC(C)C.CCOP(=O)(c1ccccc1)c1ccc(OC(C)C)c([CH]=[Ru]([Cl])[Cl])c1.Cc1ccccc1N1[CH-]N(c2ccccc2C)CC1.Cc1ccccc1N1[CH-]N(c2ccccc2C)CC1.[B]C.[Cl][Ru]([Cl])=[CH]c1ccccc1.[Cu][I]. The van der Waals surface area contributed by atoms with Gasteiger partial charge in [0.05, 0.1) is 37.5 Å². The summed E-state index contributed by atoms with van der Waals surface area (Å²) in [5.74, 6) is 1.41. The van der Waals surface area contributed by atoms with E-state index in [4.69, 9.17) is 57.3 Å².